The van der Waals surface area contributed by atoms with E-state index in [0.29, 0.717) is 0 Å². The van der Waals surface area contributed by atoms with E-state index in [9.17, 15) is 0 Å². The van der Waals surface area contributed by atoms with E-state index in [2.05, 4.69) is 69.8 Å². The molecule has 0 spiro atoms. The standard InChI is InChI=1S/C21H20N4S/c1-2-6-17-15(5-1)16(9-10-23-17)20(25-13-11-22-12-14-25)21-24-18-7-3-4-8-19(18)26-21/h1-10,20,22H,11-14H2. The van der Waals surface area contributed by atoms with Crippen molar-refractivity contribution in [1.29, 1.82) is 0 Å². The van der Waals surface area contributed by atoms with Gasteiger partial charge < -0.3 is 5.32 Å². The van der Waals surface area contributed by atoms with Gasteiger partial charge in [-0.3, -0.25) is 9.88 Å². The number of benzene rings is 2. The van der Waals surface area contributed by atoms with E-state index in [4.69, 9.17) is 4.98 Å². The molecule has 4 aromatic rings. The van der Waals surface area contributed by atoms with E-state index in [1.54, 1.807) is 0 Å². The topological polar surface area (TPSA) is 41.1 Å². The van der Waals surface area contributed by atoms with Crippen molar-refractivity contribution in [3.63, 3.8) is 0 Å². The van der Waals surface area contributed by atoms with Crippen LogP contribution in [0.15, 0.2) is 60.8 Å². The van der Waals surface area contributed by atoms with Crippen LogP contribution in [0.1, 0.15) is 16.6 Å². The predicted octanol–water partition coefficient (Wildman–Crippen LogP) is 3.84. The Hall–Kier alpha value is -2.34. The highest BCUT2D eigenvalue weighted by atomic mass is 32.1. The van der Waals surface area contributed by atoms with E-state index < -0.39 is 0 Å². The van der Waals surface area contributed by atoms with Gasteiger partial charge in [0.15, 0.2) is 0 Å². The molecule has 2 aromatic carbocycles. The lowest BCUT2D eigenvalue weighted by atomic mass is 10.0. The highest BCUT2D eigenvalue weighted by molar-refractivity contribution is 7.18. The summed E-state index contributed by atoms with van der Waals surface area (Å²) >= 11 is 1.81. The van der Waals surface area contributed by atoms with Gasteiger partial charge in [-0.25, -0.2) is 4.98 Å². The Morgan fingerprint density at radius 2 is 1.69 bits per heavy atom. The van der Waals surface area contributed by atoms with Crippen molar-refractivity contribution in [3.05, 3.63) is 71.4 Å². The molecule has 1 atom stereocenters. The molecule has 0 radical (unpaired) electrons. The first kappa shape index (κ1) is 15.9. The number of hydrogen-bond donors (Lipinski definition) is 1. The second kappa shape index (κ2) is 6.76. The molecule has 1 fully saturated rings. The smallest absolute Gasteiger partial charge is 0.116 e. The molecular weight excluding hydrogens is 340 g/mol. The molecule has 0 amide bonds. The van der Waals surface area contributed by atoms with E-state index in [-0.39, 0.29) is 6.04 Å². The summed E-state index contributed by atoms with van der Waals surface area (Å²) in [5.41, 5.74) is 3.44. The Labute approximate surface area is 156 Å². The van der Waals surface area contributed by atoms with Crippen LogP contribution in [0, 0.1) is 0 Å². The van der Waals surface area contributed by atoms with Crippen molar-refractivity contribution in [2.75, 3.05) is 26.2 Å². The number of hydrogen-bond acceptors (Lipinski definition) is 5. The number of nitrogens with one attached hydrogen (secondary N) is 1. The summed E-state index contributed by atoms with van der Waals surface area (Å²) in [5, 5.41) is 5.86. The summed E-state index contributed by atoms with van der Waals surface area (Å²) in [6.07, 6.45) is 1.93. The lowest BCUT2D eigenvalue weighted by Crippen LogP contribution is -2.45. The quantitative estimate of drug-likeness (QED) is 0.603. The highest BCUT2D eigenvalue weighted by Crippen LogP contribution is 2.37. The van der Waals surface area contributed by atoms with Gasteiger partial charge in [-0.05, 0) is 29.8 Å². The molecule has 5 heteroatoms. The van der Waals surface area contributed by atoms with Crippen LogP contribution in [-0.4, -0.2) is 41.0 Å². The van der Waals surface area contributed by atoms with Crippen LogP contribution < -0.4 is 5.32 Å². The third kappa shape index (κ3) is 2.78. The molecule has 1 aliphatic heterocycles. The maximum Gasteiger partial charge on any atom is 0.116 e. The fraction of sp³-hybridized carbons (Fsp3) is 0.238. The van der Waals surface area contributed by atoms with Gasteiger partial charge in [0, 0.05) is 37.8 Å². The fourth-order valence-corrected chi connectivity index (χ4v) is 4.91. The molecule has 4 nitrogen and oxygen atoms in total. The lowest BCUT2D eigenvalue weighted by Gasteiger charge is -2.34. The minimum absolute atomic E-state index is 0.169. The molecule has 1 unspecified atom stereocenters. The van der Waals surface area contributed by atoms with Gasteiger partial charge in [-0.1, -0.05) is 30.3 Å². The van der Waals surface area contributed by atoms with Gasteiger partial charge in [-0.2, -0.15) is 0 Å². The van der Waals surface area contributed by atoms with Gasteiger partial charge in [-0.15, -0.1) is 11.3 Å². The molecule has 3 heterocycles. The predicted molar refractivity (Wildman–Crippen MR) is 108 cm³/mol. The fourth-order valence-electron chi connectivity index (χ4n) is 3.79. The first-order valence-corrected chi connectivity index (χ1v) is 9.86. The summed E-state index contributed by atoms with van der Waals surface area (Å²) in [6.45, 7) is 4.09. The average molecular weight is 360 g/mol. The Bertz CT molecular complexity index is 1010. The molecular formula is C21H20N4S. The molecule has 0 saturated carbocycles. The number of aromatic nitrogens is 2. The van der Waals surface area contributed by atoms with Crippen LogP contribution in [0.3, 0.4) is 0 Å². The highest BCUT2D eigenvalue weighted by Gasteiger charge is 2.28. The Morgan fingerprint density at radius 1 is 0.923 bits per heavy atom. The van der Waals surface area contributed by atoms with Crippen LogP contribution >= 0.6 is 11.3 Å². The SMILES string of the molecule is c1ccc2sc(C(c3ccnc4ccccc34)N3CCNCC3)nc2c1. The normalized spacial score (nSPS) is 16.9. The maximum atomic E-state index is 5.01. The zero-order valence-electron chi connectivity index (χ0n) is 14.4. The Morgan fingerprint density at radius 3 is 2.54 bits per heavy atom. The number of thiazole rings is 1. The van der Waals surface area contributed by atoms with Crippen molar-refractivity contribution < 1.29 is 0 Å². The van der Waals surface area contributed by atoms with E-state index in [1.165, 1.54) is 20.7 Å². The largest absolute Gasteiger partial charge is 0.314 e. The summed E-state index contributed by atoms with van der Waals surface area (Å²) in [5.74, 6) is 0. The number of para-hydroxylation sites is 2. The van der Waals surface area contributed by atoms with Gasteiger partial charge >= 0.3 is 0 Å². The van der Waals surface area contributed by atoms with Crippen molar-refractivity contribution in [1.82, 2.24) is 20.2 Å². The second-order valence-corrected chi connectivity index (χ2v) is 7.69. The Balaban J connectivity index is 1.70. The van der Waals surface area contributed by atoms with Crippen LogP contribution in [0.5, 0.6) is 0 Å². The monoisotopic (exact) mass is 360 g/mol. The molecule has 0 aliphatic carbocycles. The molecule has 2 aromatic heterocycles. The van der Waals surface area contributed by atoms with Crippen LogP contribution in [0.2, 0.25) is 0 Å². The molecule has 1 saturated heterocycles. The van der Waals surface area contributed by atoms with Crippen molar-refractivity contribution >= 4 is 32.5 Å². The average Bonchev–Trinajstić information content (AvgIpc) is 3.13. The molecule has 26 heavy (non-hydrogen) atoms. The lowest BCUT2D eigenvalue weighted by molar-refractivity contribution is 0.199. The third-order valence-corrected chi connectivity index (χ3v) is 6.13. The number of rotatable bonds is 3. The van der Waals surface area contributed by atoms with E-state index >= 15 is 0 Å². The Kier molecular flexibility index (Phi) is 4.13. The molecule has 5 rings (SSSR count). The first-order chi connectivity index (χ1) is 12.9. The summed E-state index contributed by atoms with van der Waals surface area (Å²) in [4.78, 5) is 12.1. The summed E-state index contributed by atoms with van der Waals surface area (Å²) in [6, 6.07) is 19.2. The summed E-state index contributed by atoms with van der Waals surface area (Å²) in [7, 11) is 0. The molecule has 1 N–H and O–H groups in total. The third-order valence-electron chi connectivity index (χ3n) is 5.04. The van der Waals surface area contributed by atoms with Crippen LogP contribution in [0.4, 0.5) is 0 Å². The van der Waals surface area contributed by atoms with Crippen LogP contribution in [0.25, 0.3) is 21.1 Å². The van der Waals surface area contributed by atoms with Gasteiger partial charge in [0.25, 0.3) is 0 Å². The summed E-state index contributed by atoms with van der Waals surface area (Å²) < 4.78 is 1.25. The van der Waals surface area contributed by atoms with Crippen LogP contribution in [-0.2, 0) is 0 Å². The van der Waals surface area contributed by atoms with E-state index in [0.717, 1.165) is 37.2 Å². The second-order valence-electron chi connectivity index (χ2n) is 6.63. The van der Waals surface area contributed by atoms with Gasteiger partial charge in [0.2, 0.25) is 0 Å². The number of pyridine rings is 1. The number of piperazine rings is 1. The first-order valence-electron chi connectivity index (χ1n) is 9.04. The van der Waals surface area contributed by atoms with Crippen molar-refractivity contribution in [2.24, 2.45) is 0 Å². The van der Waals surface area contributed by atoms with Crippen molar-refractivity contribution in [2.45, 2.75) is 6.04 Å². The van der Waals surface area contributed by atoms with Gasteiger partial charge in [0.1, 0.15) is 5.01 Å². The maximum absolute atomic E-state index is 5.01. The minimum atomic E-state index is 0.169. The van der Waals surface area contributed by atoms with Gasteiger partial charge in [0.05, 0.1) is 21.8 Å². The van der Waals surface area contributed by atoms with E-state index in [1.807, 2.05) is 17.5 Å². The molecule has 1 aliphatic rings. The van der Waals surface area contributed by atoms with Crippen molar-refractivity contribution in [3.8, 4) is 0 Å². The zero-order valence-corrected chi connectivity index (χ0v) is 15.2. The molecule has 130 valence electrons. The number of fused-ring (bicyclic) bond motifs is 2. The molecule has 0 bridgehead atoms. The zero-order chi connectivity index (χ0) is 17.3. The number of nitrogens with zero attached hydrogens (tertiary/aromatic N) is 3. The minimum Gasteiger partial charge on any atom is -0.314 e.